The fourth-order valence-electron chi connectivity index (χ4n) is 11.2. The number of aryl methyl sites for hydroxylation is 2. The minimum atomic E-state index is -0.180. The summed E-state index contributed by atoms with van der Waals surface area (Å²) in [6, 6.07) is 70.7. The van der Waals surface area contributed by atoms with Gasteiger partial charge in [-0.2, -0.15) is 0 Å². The van der Waals surface area contributed by atoms with Crippen LogP contribution in [0.5, 0.6) is 0 Å². The van der Waals surface area contributed by atoms with E-state index in [1.807, 2.05) is 11.3 Å². The Morgan fingerprint density at radius 2 is 1.21 bits per heavy atom. The third kappa shape index (κ3) is 6.39. The molecule has 322 valence electrons. The number of fused-ring (bicyclic) bond motifs is 12. The smallest absolute Gasteiger partial charge is 0.333 e. The van der Waals surface area contributed by atoms with Crippen LogP contribution in [0.2, 0.25) is 0 Å². The summed E-state index contributed by atoms with van der Waals surface area (Å²) >= 11 is 1.89. The van der Waals surface area contributed by atoms with Gasteiger partial charge in [0.15, 0.2) is 0 Å². The van der Waals surface area contributed by atoms with E-state index in [-0.39, 0.29) is 6.85 Å². The van der Waals surface area contributed by atoms with Crippen LogP contribution < -0.4 is 20.6 Å². The van der Waals surface area contributed by atoms with Crippen molar-refractivity contribution in [1.29, 1.82) is 0 Å². The van der Waals surface area contributed by atoms with E-state index in [2.05, 4.69) is 212 Å². The monoisotopic (exact) mass is 880 g/mol. The summed E-state index contributed by atoms with van der Waals surface area (Å²) in [5.74, 6) is 0. The lowest BCUT2D eigenvalue weighted by molar-refractivity contribution is 0.670. The van der Waals surface area contributed by atoms with Crippen molar-refractivity contribution in [1.82, 2.24) is 0 Å². The van der Waals surface area contributed by atoms with E-state index in [1.165, 1.54) is 117 Å². The minimum absolute atomic E-state index is 0.180. The Bertz CT molecular complexity index is 3690. The Labute approximate surface area is 396 Å². The summed E-state index contributed by atoms with van der Waals surface area (Å²) in [6.45, 7) is 4.38. The second kappa shape index (κ2) is 16.2. The Kier molecular flexibility index (Phi) is 9.68. The highest BCUT2D eigenvalue weighted by Gasteiger charge is 2.47. The molecule has 2 aliphatic rings. The molecule has 0 N–H and O–H groups in total. The van der Waals surface area contributed by atoms with Crippen LogP contribution in [0.25, 0.3) is 75.5 Å². The summed E-state index contributed by atoms with van der Waals surface area (Å²) in [5.41, 5.74) is 20.3. The minimum Gasteiger partial charge on any atom is -0.455 e. The van der Waals surface area contributed by atoms with Crippen molar-refractivity contribution in [3.63, 3.8) is 0 Å². The standard InChI is InChI=1S/C62H49BN2OS/c1-3-5-17-40-27-31-45(32-28-40)65-53-38-44(42-19-9-7-10-20-42)30-33-47(53)59-60-54(39-50-46-23-13-15-25-55(46)66-62(50)59)64(52-35-29-41(18-6-4-2)37-49(52)43-21-11-8-12-22-43)61-51(63(60)65)34-36-57-58(61)48-24-14-16-26-56(48)67-57/h7-16,19-39H,3-6,17-18H2,1-2H3. The van der Waals surface area contributed by atoms with E-state index >= 15 is 0 Å². The predicted molar refractivity (Wildman–Crippen MR) is 288 cm³/mol. The van der Waals surface area contributed by atoms with Gasteiger partial charge >= 0.3 is 6.85 Å². The van der Waals surface area contributed by atoms with Crippen molar-refractivity contribution < 1.29 is 4.42 Å². The maximum atomic E-state index is 7.14. The second-order valence-electron chi connectivity index (χ2n) is 18.4. The first kappa shape index (κ1) is 40.0. The molecule has 67 heavy (non-hydrogen) atoms. The summed E-state index contributed by atoms with van der Waals surface area (Å²) in [4.78, 5) is 5.32. The van der Waals surface area contributed by atoms with Gasteiger partial charge in [-0.1, -0.05) is 160 Å². The van der Waals surface area contributed by atoms with Crippen LogP contribution in [0.4, 0.5) is 28.4 Å². The number of nitrogens with zero attached hydrogens (tertiary/aromatic N) is 2. The first-order valence-corrected chi connectivity index (χ1v) is 25.0. The van der Waals surface area contributed by atoms with Gasteiger partial charge in [-0.05, 0) is 119 Å². The Morgan fingerprint density at radius 1 is 0.507 bits per heavy atom. The molecule has 0 saturated heterocycles. The normalized spacial score (nSPS) is 12.9. The largest absolute Gasteiger partial charge is 0.455 e. The topological polar surface area (TPSA) is 19.6 Å². The molecule has 0 fully saturated rings. The summed E-state index contributed by atoms with van der Waals surface area (Å²) in [5, 5.41) is 4.85. The number of hydrogen-bond donors (Lipinski definition) is 0. The molecule has 13 rings (SSSR count). The third-order valence-electron chi connectivity index (χ3n) is 14.4. The van der Waals surface area contributed by atoms with Gasteiger partial charge in [-0.25, -0.2) is 0 Å². The van der Waals surface area contributed by atoms with Gasteiger partial charge in [-0.15, -0.1) is 11.3 Å². The molecule has 0 atom stereocenters. The summed E-state index contributed by atoms with van der Waals surface area (Å²) in [7, 11) is 0. The molecule has 0 bridgehead atoms. The number of furan rings is 1. The van der Waals surface area contributed by atoms with Crippen LogP contribution in [-0.2, 0) is 12.8 Å². The molecule has 0 unspecified atom stereocenters. The molecular weight excluding hydrogens is 832 g/mol. The lowest BCUT2D eigenvalue weighted by atomic mass is 9.43. The van der Waals surface area contributed by atoms with E-state index in [1.54, 1.807) is 0 Å². The zero-order valence-electron chi connectivity index (χ0n) is 37.9. The van der Waals surface area contributed by atoms with Crippen LogP contribution in [0.15, 0.2) is 192 Å². The predicted octanol–water partition coefficient (Wildman–Crippen LogP) is 16.7. The first-order chi connectivity index (χ1) is 33.2. The average Bonchev–Trinajstić information content (AvgIpc) is 3.96. The van der Waals surface area contributed by atoms with Gasteiger partial charge in [0.25, 0.3) is 0 Å². The molecule has 4 heterocycles. The Hall–Kier alpha value is -7.34. The van der Waals surface area contributed by atoms with Crippen molar-refractivity contribution in [2.75, 3.05) is 9.71 Å². The molecule has 11 aromatic rings. The van der Waals surface area contributed by atoms with Gasteiger partial charge in [0.05, 0.1) is 11.4 Å². The Balaban J connectivity index is 1.20. The number of thiophene rings is 1. The van der Waals surface area contributed by atoms with Crippen LogP contribution in [-0.4, -0.2) is 6.85 Å². The molecule has 0 radical (unpaired) electrons. The number of para-hydroxylation sites is 1. The Morgan fingerprint density at radius 3 is 2.00 bits per heavy atom. The summed E-state index contributed by atoms with van der Waals surface area (Å²) < 4.78 is 9.73. The number of hydrogen-bond acceptors (Lipinski definition) is 4. The van der Waals surface area contributed by atoms with Crippen LogP contribution in [0.3, 0.4) is 0 Å². The molecular formula is C62H49BN2OS. The van der Waals surface area contributed by atoms with Gasteiger partial charge in [-0.3, -0.25) is 0 Å². The number of unbranched alkanes of at least 4 members (excludes halogenated alkanes) is 2. The van der Waals surface area contributed by atoms with Crippen molar-refractivity contribution in [2.24, 2.45) is 0 Å². The maximum Gasteiger partial charge on any atom is 0.333 e. The highest BCUT2D eigenvalue weighted by molar-refractivity contribution is 7.26. The molecule has 2 aromatic heterocycles. The van der Waals surface area contributed by atoms with E-state index in [9.17, 15) is 0 Å². The van der Waals surface area contributed by atoms with Crippen molar-refractivity contribution >= 4 is 99.7 Å². The van der Waals surface area contributed by atoms with Gasteiger partial charge in [0.1, 0.15) is 11.2 Å². The fourth-order valence-corrected chi connectivity index (χ4v) is 12.3. The van der Waals surface area contributed by atoms with E-state index < -0.39 is 0 Å². The highest BCUT2D eigenvalue weighted by Crippen LogP contribution is 2.54. The van der Waals surface area contributed by atoms with Gasteiger partial charge < -0.3 is 14.1 Å². The van der Waals surface area contributed by atoms with E-state index in [4.69, 9.17) is 4.42 Å². The molecule has 0 aliphatic carbocycles. The van der Waals surface area contributed by atoms with Crippen molar-refractivity contribution in [3.8, 4) is 33.4 Å². The first-order valence-electron chi connectivity index (χ1n) is 24.2. The van der Waals surface area contributed by atoms with Crippen molar-refractivity contribution in [2.45, 2.75) is 52.4 Å². The fraction of sp³-hybridized carbons (Fsp3) is 0.129. The molecule has 5 heteroatoms. The van der Waals surface area contributed by atoms with Crippen LogP contribution in [0.1, 0.15) is 50.7 Å². The molecule has 3 nitrogen and oxygen atoms in total. The van der Waals surface area contributed by atoms with E-state index in [0.717, 1.165) is 47.6 Å². The average molecular weight is 881 g/mol. The lowest BCUT2D eigenvalue weighted by Gasteiger charge is -2.46. The second-order valence-corrected chi connectivity index (χ2v) is 19.5. The molecule has 2 aliphatic heterocycles. The number of rotatable bonds is 10. The molecule has 9 aromatic carbocycles. The van der Waals surface area contributed by atoms with Gasteiger partial charge in [0, 0.05) is 64.7 Å². The van der Waals surface area contributed by atoms with Crippen LogP contribution >= 0.6 is 11.3 Å². The SMILES string of the molecule is CCCCc1ccc(N2B3c4ccc5sc6ccccc6c5c4N(c4ccc(CCCC)cc4-c4ccccc4)c4cc5c(oc6ccccc65)c(c43)-c3ccc(-c4ccccc4)cc32)cc1. The summed E-state index contributed by atoms with van der Waals surface area (Å²) in [6.07, 6.45) is 6.79. The maximum absolute atomic E-state index is 7.14. The molecule has 0 spiro atoms. The zero-order chi connectivity index (χ0) is 44.6. The highest BCUT2D eigenvalue weighted by atomic mass is 32.1. The zero-order valence-corrected chi connectivity index (χ0v) is 38.7. The van der Waals surface area contributed by atoms with Crippen LogP contribution in [0, 0.1) is 0 Å². The quantitative estimate of drug-likeness (QED) is 0.128. The van der Waals surface area contributed by atoms with Gasteiger partial charge in [0.2, 0.25) is 0 Å². The van der Waals surface area contributed by atoms with E-state index in [0.29, 0.717) is 0 Å². The number of anilines is 5. The third-order valence-corrected chi connectivity index (χ3v) is 15.5. The molecule has 0 saturated carbocycles. The molecule has 0 amide bonds. The number of benzene rings is 9. The van der Waals surface area contributed by atoms with Crippen molar-refractivity contribution in [3.05, 3.63) is 199 Å². The lowest BCUT2D eigenvalue weighted by Crippen LogP contribution is -2.61.